The predicted octanol–water partition coefficient (Wildman–Crippen LogP) is 13.3. The third-order valence-corrected chi connectivity index (χ3v) is 10.6. The lowest BCUT2D eigenvalue weighted by Gasteiger charge is -2.26. The number of hydrogen-bond donors (Lipinski definition) is 0. The molecule has 0 fully saturated rings. The van der Waals surface area contributed by atoms with Crippen LogP contribution < -0.4 is 4.90 Å². The molecule has 0 radical (unpaired) electrons. The fourth-order valence-corrected chi connectivity index (χ4v) is 8.03. The van der Waals surface area contributed by atoms with Crippen LogP contribution in [0.15, 0.2) is 205 Å². The van der Waals surface area contributed by atoms with Crippen molar-refractivity contribution in [3.8, 4) is 39.9 Å². The third-order valence-electron chi connectivity index (χ3n) is 10.6. The van der Waals surface area contributed by atoms with Gasteiger partial charge in [0.25, 0.3) is 0 Å². The quantitative estimate of drug-likeness (QED) is 0.163. The molecular weight excluding hydrogens is 699 g/mol. The van der Waals surface area contributed by atoms with Gasteiger partial charge in [-0.25, -0.2) is 15.0 Å². The largest absolute Gasteiger partial charge is 0.456 e. The van der Waals surface area contributed by atoms with Crippen molar-refractivity contribution in [1.29, 1.82) is 0 Å². The summed E-state index contributed by atoms with van der Waals surface area (Å²) in [5, 5.41) is 4.45. The van der Waals surface area contributed by atoms with Crippen LogP contribution in [-0.4, -0.2) is 19.5 Å². The van der Waals surface area contributed by atoms with E-state index in [2.05, 4.69) is 143 Å². The number of anilines is 3. The highest BCUT2D eigenvalue weighted by atomic mass is 16.3. The van der Waals surface area contributed by atoms with Gasteiger partial charge in [-0.2, -0.15) is 0 Å². The Bertz CT molecular complexity index is 3170. The number of nitrogens with zero attached hydrogens (tertiary/aromatic N) is 5. The summed E-state index contributed by atoms with van der Waals surface area (Å²) >= 11 is 0. The molecule has 268 valence electrons. The van der Waals surface area contributed by atoms with Crippen molar-refractivity contribution in [2.45, 2.75) is 0 Å². The molecule has 8 aromatic carbocycles. The second-order valence-electron chi connectivity index (χ2n) is 14.1. The van der Waals surface area contributed by atoms with Crippen LogP contribution in [0, 0.1) is 0 Å². The van der Waals surface area contributed by atoms with E-state index in [1.54, 1.807) is 0 Å². The van der Waals surface area contributed by atoms with E-state index >= 15 is 0 Å². The molecule has 0 saturated heterocycles. The van der Waals surface area contributed by atoms with Gasteiger partial charge in [0.1, 0.15) is 11.2 Å². The molecule has 11 aromatic rings. The maximum absolute atomic E-state index is 6.69. The summed E-state index contributed by atoms with van der Waals surface area (Å²) in [6, 6.07) is 69.2. The Morgan fingerprint density at radius 2 is 0.965 bits per heavy atom. The summed E-state index contributed by atoms with van der Waals surface area (Å²) in [7, 11) is 0. The number of para-hydroxylation sites is 3. The van der Waals surface area contributed by atoms with Crippen LogP contribution in [0.4, 0.5) is 17.1 Å². The van der Waals surface area contributed by atoms with Gasteiger partial charge in [-0.3, -0.25) is 0 Å². The van der Waals surface area contributed by atoms with Crippen LogP contribution in [0.25, 0.3) is 83.6 Å². The number of furan rings is 1. The van der Waals surface area contributed by atoms with Crippen molar-refractivity contribution in [3.05, 3.63) is 200 Å². The second kappa shape index (κ2) is 13.5. The molecule has 3 aromatic heterocycles. The number of rotatable bonds is 7. The number of hydrogen-bond acceptors (Lipinski definition) is 5. The average Bonchev–Trinajstić information content (AvgIpc) is 3.83. The summed E-state index contributed by atoms with van der Waals surface area (Å²) in [5.41, 5.74) is 10.8. The van der Waals surface area contributed by atoms with E-state index < -0.39 is 0 Å². The van der Waals surface area contributed by atoms with E-state index in [4.69, 9.17) is 19.4 Å². The first-order chi connectivity index (χ1) is 28.3. The first kappa shape index (κ1) is 32.6. The molecule has 0 atom stereocenters. The Hall–Kier alpha value is -7.83. The van der Waals surface area contributed by atoms with Gasteiger partial charge >= 0.3 is 0 Å². The highest BCUT2D eigenvalue weighted by molar-refractivity contribution is 6.15. The minimum Gasteiger partial charge on any atom is -0.456 e. The van der Waals surface area contributed by atoms with Crippen molar-refractivity contribution < 1.29 is 4.42 Å². The number of benzene rings is 8. The molecule has 0 amide bonds. The van der Waals surface area contributed by atoms with Gasteiger partial charge in [-0.15, -0.1) is 0 Å². The average molecular weight is 732 g/mol. The summed E-state index contributed by atoms with van der Waals surface area (Å²) < 4.78 is 9.05. The molecule has 0 aliphatic rings. The van der Waals surface area contributed by atoms with Crippen molar-refractivity contribution >= 4 is 60.8 Å². The van der Waals surface area contributed by atoms with E-state index in [1.807, 2.05) is 66.7 Å². The maximum Gasteiger partial charge on any atom is 0.164 e. The Morgan fingerprint density at radius 1 is 0.386 bits per heavy atom. The van der Waals surface area contributed by atoms with Crippen LogP contribution in [0.5, 0.6) is 0 Å². The van der Waals surface area contributed by atoms with Gasteiger partial charge in [0, 0.05) is 49.9 Å². The number of aromatic nitrogens is 4. The van der Waals surface area contributed by atoms with Crippen molar-refractivity contribution in [2.75, 3.05) is 4.90 Å². The minimum absolute atomic E-state index is 0.582. The Labute approximate surface area is 328 Å². The molecule has 6 nitrogen and oxygen atoms in total. The molecule has 0 N–H and O–H groups in total. The molecule has 0 saturated carbocycles. The van der Waals surface area contributed by atoms with Crippen LogP contribution in [0.3, 0.4) is 0 Å². The van der Waals surface area contributed by atoms with Crippen molar-refractivity contribution in [3.63, 3.8) is 0 Å². The van der Waals surface area contributed by atoms with E-state index in [-0.39, 0.29) is 0 Å². The van der Waals surface area contributed by atoms with Crippen LogP contribution in [0.1, 0.15) is 0 Å². The Balaban J connectivity index is 1.09. The molecule has 0 aliphatic heterocycles. The highest BCUT2D eigenvalue weighted by Crippen LogP contribution is 2.45. The minimum atomic E-state index is 0.582. The summed E-state index contributed by atoms with van der Waals surface area (Å²) in [4.78, 5) is 17.2. The van der Waals surface area contributed by atoms with Crippen molar-refractivity contribution in [1.82, 2.24) is 19.5 Å². The molecule has 0 bridgehead atoms. The van der Waals surface area contributed by atoms with Gasteiger partial charge in [-0.1, -0.05) is 133 Å². The summed E-state index contributed by atoms with van der Waals surface area (Å²) in [6.07, 6.45) is 0. The first-order valence-corrected chi connectivity index (χ1v) is 19.0. The standard InChI is InChI=1S/C51H33N5O/c1-5-16-34(17-6-1)49-52-50(35-18-7-2-8-19-35)54-51(53-49)36-28-30-42-47(32-36)57-46-27-15-26-44(48(42)46)55(37-20-9-3-10-21-37)39-29-31-41-40-24-13-14-25-43(40)56(45(41)33-39)38-22-11-4-12-23-38/h1-33H. The lowest BCUT2D eigenvalue weighted by molar-refractivity contribution is 0.669. The molecule has 6 heteroatoms. The fourth-order valence-electron chi connectivity index (χ4n) is 8.03. The van der Waals surface area contributed by atoms with E-state index in [0.29, 0.717) is 17.5 Å². The monoisotopic (exact) mass is 731 g/mol. The summed E-state index contributed by atoms with van der Waals surface area (Å²) in [6.45, 7) is 0. The molecular formula is C51H33N5O. The van der Waals surface area contributed by atoms with Gasteiger partial charge in [0.15, 0.2) is 17.5 Å². The predicted molar refractivity (Wildman–Crippen MR) is 232 cm³/mol. The van der Waals surface area contributed by atoms with E-state index in [0.717, 1.165) is 66.9 Å². The molecule has 0 spiro atoms. The first-order valence-electron chi connectivity index (χ1n) is 19.0. The maximum atomic E-state index is 6.69. The lowest BCUT2D eigenvalue weighted by Crippen LogP contribution is -2.10. The van der Waals surface area contributed by atoms with Gasteiger partial charge < -0.3 is 13.9 Å². The van der Waals surface area contributed by atoms with Crippen LogP contribution >= 0.6 is 0 Å². The zero-order chi connectivity index (χ0) is 37.7. The molecule has 11 rings (SSSR count). The molecule has 57 heavy (non-hydrogen) atoms. The van der Waals surface area contributed by atoms with Gasteiger partial charge in [0.05, 0.1) is 22.1 Å². The topological polar surface area (TPSA) is 60.0 Å². The molecule has 0 aliphatic carbocycles. The normalized spacial score (nSPS) is 11.5. The van der Waals surface area contributed by atoms with Crippen LogP contribution in [-0.2, 0) is 0 Å². The van der Waals surface area contributed by atoms with Crippen LogP contribution in [0.2, 0.25) is 0 Å². The molecule has 3 heterocycles. The fraction of sp³-hybridized carbons (Fsp3) is 0. The second-order valence-corrected chi connectivity index (χ2v) is 14.1. The molecule has 0 unspecified atom stereocenters. The van der Waals surface area contributed by atoms with Crippen molar-refractivity contribution in [2.24, 2.45) is 0 Å². The zero-order valence-electron chi connectivity index (χ0n) is 30.7. The highest BCUT2D eigenvalue weighted by Gasteiger charge is 2.22. The number of fused-ring (bicyclic) bond motifs is 6. The Kier molecular flexibility index (Phi) is 7.71. The smallest absolute Gasteiger partial charge is 0.164 e. The van der Waals surface area contributed by atoms with E-state index in [9.17, 15) is 0 Å². The van der Waals surface area contributed by atoms with Gasteiger partial charge in [-0.05, 0) is 66.7 Å². The van der Waals surface area contributed by atoms with E-state index in [1.165, 1.54) is 16.3 Å². The summed E-state index contributed by atoms with van der Waals surface area (Å²) in [5.74, 6) is 1.82. The third kappa shape index (κ3) is 5.62. The Morgan fingerprint density at radius 3 is 1.67 bits per heavy atom. The zero-order valence-corrected chi connectivity index (χ0v) is 30.7. The SMILES string of the molecule is c1ccc(-c2nc(-c3ccccc3)nc(-c3ccc4c(c3)oc3cccc(N(c5ccccc5)c5ccc6c7ccccc7n(-c7ccccc7)c6c5)c34)n2)cc1. The van der Waals surface area contributed by atoms with Gasteiger partial charge in [0.2, 0.25) is 0 Å². The lowest BCUT2D eigenvalue weighted by atomic mass is 10.1.